The first kappa shape index (κ1) is 14.2. The predicted octanol–water partition coefficient (Wildman–Crippen LogP) is 2.00. The number of nitrogens with zero attached hydrogens (tertiary/aromatic N) is 1. The van der Waals surface area contributed by atoms with Crippen LogP contribution in [0, 0.1) is 0 Å². The average Bonchev–Trinajstić information content (AvgIpc) is 2.87. The van der Waals surface area contributed by atoms with Crippen molar-refractivity contribution in [3.05, 3.63) is 58.3 Å². The smallest absolute Gasteiger partial charge is 0.216 e. The van der Waals surface area contributed by atoms with E-state index < -0.39 is 10.2 Å². The zero-order valence-electron chi connectivity index (χ0n) is 10.4. The first-order chi connectivity index (χ1) is 9.05. The highest BCUT2D eigenvalue weighted by Crippen LogP contribution is 2.14. The fourth-order valence-corrected chi connectivity index (χ4v) is 3.24. The lowest BCUT2D eigenvalue weighted by atomic mass is 10.1. The van der Waals surface area contributed by atoms with Gasteiger partial charge in [0.15, 0.2) is 0 Å². The second kappa shape index (κ2) is 6.29. The van der Waals surface area contributed by atoms with E-state index in [-0.39, 0.29) is 0 Å². The fourth-order valence-electron chi connectivity index (χ4n) is 1.77. The van der Waals surface area contributed by atoms with Crippen LogP contribution in [-0.2, 0) is 23.2 Å². The maximum atomic E-state index is 11.6. The molecule has 4 nitrogen and oxygen atoms in total. The Morgan fingerprint density at radius 3 is 2.42 bits per heavy atom. The summed E-state index contributed by atoms with van der Waals surface area (Å²) in [6.07, 6.45) is 0.655. The van der Waals surface area contributed by atoms with Gasteiger partial charge in [0.25, 0.3) is 10.2 Å². The molecule has 1 heterocycles. The number of rotatable bonds is 6. The Morgan fingerprint density at radius 1 is 1.11 bits per heavy atom. The van der Waals surface area contributed by atoms with Gasteiger partial charge in [-0.3, -0.25) is 0 Å². The quantitative estimate of drug-likeness (QED) is 0.886. The minimum atomic E-state index is -3.67. The van der Waals surface area contributed by atoms with E-state index in [0.29, 0.717) is 19.5 Å². The van der Waals surface area contributed by atoms with Crippen LogP contribution in [-0.4, -0.2) is 19.3 Å². The molecule has 1 aromatic carbocycles. The third kappa shape index (κ3) is 4.43. The molecule has 19 heavy (non-hydrogen) atoms. The Labute approximate surface area is 117 Å². The van der Waals surface area contributed by atoms with Crippen molar-refractivity contribution < 1.29 is 8.42 Å². The molecular weight excluding hydrogens is 280 g/mol. The van der Waals surface area contributed by atoms with Crippen LogP contribution in [0.25, 0.3) is 0 Å². The maximum absolute atomic E-state index is 11.6. The summed E-state index contributed by atoms with van der Waals surface area (Å²) in [6, 6.07) is 13.6. The highest BCUT2D eigenvalue weighted by atomic mass is 32.2. The number of hydrogen-bond donors (Lipinski definition) is 1. The van der Waals surface area contributed by atoms with Crippen molar-refractivity contribution in [3.8, 4) is 0 Å². The van der Waals surface area contributed by atoms with Gasteiger partial charge < -0.3 is 0 Å². The molecule has 2 aromatic rings. The van der Waals surface area contributed by atoms with E-state index in [9.17, 15) is 8.42 Å². The van der Waals surface area contributed by atoms with Crippen molar-refractivity contribution >= 4 is 21.5 Å². The Hall–Kier alpha value is -1.21. The van der Waals surface area contributed by atoms with Gasteiger partial charge in [0.05, 0.1) is 0 Å². The Balaban J connectivity index is 2.03. The van der Waals surface area contributed by atoms with Crippen LogP contribution < -0.4 is 5.14 Å². The highest BCUT2D eigenvalue weighted by Gasteiger charge is 2.17. The zero-order chi connectivity index (χ0) is 13.7. The van der Waals surface area contributed by atoms with Crippen LogP contribution in [0.2, 0.25) is 0 Å². The molecule has 0 atom stereocenters. The molecule has 0 unspecified atom stereocenters. The minimum Gasteiger partial charge on any atom is -0.216 e. The maximum Gasteiger partial charge on any atom is 0.277 e. The molecule has 2 rings (SSSR count). The van der Waals surface area contributed by atoms with E-state index >= 15 is 0 Å². The van der Waals surface area contributed by atoms with Crippen molar-refractivity contribution in [2.75, 3.05) is 6.54 Å². The molecular formula is C13H16N2O2S2. The third-order valence-electron chi connectivity index (χ3n) is 2.76. The van der Waals surface area contributed by atoms with Gasteiger partial charge >= 0.3 is 0 Å². The largest absolute Gasteiger partial charge is 0.277 e. The van der Waals surface area contributed by atoms with Gasteiger partial charge in [-0.1, -0.05) is 36.4 Å². The number of nitrogens with two attached hydrogens (primary N) is 1. The molecule has 0 radical (unpaired) electrons. The summed E-state index contributed by atoms with van der Waals surface area (Å²) in [4.78, 5) is 0.988. The molecule has 0 aliphatic carbocycles. The fraction of sp³-hybridized carbons (Fsp3) is 0.231. The molecule has 0 fully saturated rings. The molecule has 102 valence electrons. The van der Waals surface area contributed by atoms with Gasteiger partial charge in [0, 0.05) is 18.0 Å². The Morgan fingerprint density at radius 2 is 1.84 bits per heavy atom. The van der Waals surface area contributed by atoms with Crippen LogP contribution in [0.4, 0.5) is 0 Å². The topological polar surface area (TPSA) is 63.4 Å². The molecule has 0 aliphatic heterocycles. The van der Waals surface area contributed by atoms with Gasteiger partial charge in [0.1, 0.15) is 0 Å². The van der Waals surface area contributed by atoms with Gasteiger partial charge in [-0.05, 0) is 23.4 Å². The molecule has 1 aromatic heterocycles. The first-order valence-electron chi connectivity index (χ1n) is 5.90. The van der Waals surface area contributed by atoms with Crippen LogP contribution in [0.5, 0.6) is 0 Å². The summed E-state index contributed by atoms with van der Waals surface area (Å²) < 4.78 is 24.5. The third-order valence-corrected chi connectivity index (χ3v) is 4.66. The lowest BCUT2D eigenvalue weighted by Crippen LogP contribution is -2.37. The average molecular weight is 296 g/mol. The van der Waals surface area contributed by atoms with Crippen molar-refractivity contribution in [3.63, 3.8) is 0 Å². The molecule has 0 spiro atoms. The van der Waals surface area contributed by atoms with Gasteiger partial charge in [-0.15, -0.1) is 11.3 Å². The lowest BCUT2D eigenvalue weighted by molar-refractivity contribution is 0.413. The summed E-state index contributed by atoms with van der Waals surface area (Å²) in [6.45, 7) is 0.726. The molecule has 0 bridgehead atoms. The SMILES string of the molecule is NS(=O)(=O)N(CCc1ccccc1)Cc1cccs1. The molecule has 0 aliphatic rings. The summed E-state index contributed by atoms with van der Waals surface area (Å²) in [5, 5.41) is 7.19. The van der Waals surface area contributed by atoms with Gasteiger partial charge in [0.2, 0.25) is 0 Å². The minimum absolute atomic E-state index is 0.337. The summed E-state index contributed by atoms with van der Waals surface area (Å²) >= 11 is 1.53. The van der Waals surface area contributed by atoms with Crippen molar-refractivity contribution in [2.45, 2.75) is 13.0 Å². The van der Waals surface area contributed by atoms with Crippen molar-refractivity contribution in [1.29, 1.82) is 0 Å². The zero-order valence-corrected chi connectivity index (χ0v) is 12.0. The first-order valence-corrected chi connectivity index (χ1v) is 8.28. The van der Waals surface area contributed by atoms with Crippen LogP contribution in [0.3, 0.4) is 0 Å². The molecule has 0 saturated heterocycles. The summed E-state index contributed by atoms with van der Waals surface area (Å²) in [5.41, 5.74) is 1.10. The summed E-state index contributed by atoms with van der Waals surface area (Å²) in [7, 11) is -3.67. The van der Waals surface area contributed by atoms with Gasteiger partial charge in [-0.25, -0.2) is 5.14 Å². The predicted molar refractivity (Wildman–Crippen MR) is 78.0 cm³/mol. The molecule has 2 N–H and O–H groups in total. The van der Waals surface area contributed by atoms with E-state index in [1.54, 1.807) is 0 Å². The number of benzene rings is 1. The van der Waals surface area contributed by atoms with Gasteiger partial charge in [-0.2, -0.15) is 12.7 Å². The van der Waals surface area contributed by atoms with Crippen LogP contribution in [0.1, 0.15) is 10.4 Å². The molecule has 0 amide bonds. The second-order valence-corrected chi connectivity index (χ2v) is 6.77. The number of hydrogen-bond acceptors (Lipinski definition) is 3. The van der Waals surface area contributed by atoms with E-state index in [4.69, 9.17) is 5.14 Å². The summed E-state index contributed by atoms with van der Waals surface area (Å²) in [5.74, 6) is 0. The molecule has 0 saturated carbocycles. The van der Waals surface area contributed by atoms with Crippen LogP contribution >= 0.6 is 11.3 Å². The van der Waals surface area contributed by atoms with E-state index in [2.05, 4.69) is 0 Å². The van der Waals surface area contributed by atoms with E-state index in [0.717, 1.165) is 10.4 Å². The van der Waals surface area contributed by atoms with E-state index in [1.807, 2.05) is 47.8 Å². The van der Waals surface area contributed by atoms with Crippen LogP contribution in [0.15, 0.2) is 47.8 Å². The van der Waals surface area contributed by atoms with Crippen molar-refractivity contribution in [1.82, 2.24) is 4.31 Å². The van der Waals surface area contributed by atoms with E-state index in [1.165, 1.54) is 15.6 Å². The van der Waals surface area contributed by atoms with Crippen molar-refractivity contribution in [2.24, 2.45) is 5.14 Å². The normalized spacial score (nSPS) is 11.9. The monoisotopic (exact) mass is 296 g/mol. The molecule has 6 heteroatoms. The highest BCUT2D eigenvalue weighted by molar-refractivity contribution is 7.86. The second-order valence-electron chi connectivity index (χ2n) is 4.19. The Bertz CT molecular complexity index is 595. The number of thiophene rings is 1. The Kier molecular flexibility index (Phi) is 4.71. The standard InChI is InChI=1S/C13H16N2O2S2/c14-19(16,17)15(11-13-7-4-10-18-13)9-8-12-5-2-1-3-6-12/h1-7,10H,8-9,11H2,(H2,14,16,17). The lowest BCUT2D eigenvalue weighted by Gasteiger charge is -2.18.